The first-order chi connectivity index (χ1) is 5.83. The molecule has 1 rings (SSSR count). The third-order valence-corrected chi connectivity index (χ3v) is 2.24. The van der Waals surface area contributed by atoms with E-state index in [2.05, 4.69) is 17.6 Å². The van der Waals surface area contributed by atoms with E-state index in [4.69, 9.17) is 12.2 Å². The molecule has 0 aromatic heterocycles. The van der Waals surface area contributed by atoms with Crippen LogP contribution in [0.3, 0.4) is 0 Å². The highest BCUT2D eigenvalue weighted by atomic mass is 32.1. The van der Waals surface area contributed by atoms with Gasteiger partial charge in [0, 0.05) is 12.6 Å². The van der Waals surface area contributed by atoms with E-state index in [1.165, 1.54) is 32.1 Å². The van der Waals surface area contributed by atoms with Gasteiger partial charge in [-0.05, 0) is 31.5 Å². The fraction of sp³-hybridized carbons (Fsp3) is 0.889. The number of nitrogens with one attached hydrogen (secondary N) is 2. The van der Waals surface area contributed by atoms with Gasteiger partial charge < -0.3 is 10.6 Å². The molecule has 0 aromatic carbocycles. The summed E-state index contributed by atoms with van der Waals surface area (Å²) in [5, 5.41) is 7.30. The number of rotatable bonds is 5. The van der Waals surface area contributed by atoms with Crippen molar-refractivity contribution < 1.29 is 0 Å². The van der Waals surface area contributed by atoms with Gasteiger partial charge in [-0.3, -0.25) is 0 Å². The third-order valence-electron chi connectivity index (χ3n) is 1.98. The Hall–Kier alpha value is -0.310. The molecule has 1 saturated carbocycles. The number of unbranched alkanes of at least 4 members (excludes halogenated alkanes) is 2. The molecule has 0 atom stereocenters. The van der Waals surface area contributed by atoms with E-state index in [0.29, 0.717) is 6.04 Å². The van der Waals surface area contributed by atoms with Gasteiger partial charge >= 0.3 is 0 Å². The molecule has 0 aliphatic heterocycles. The minimum atomic E-state index is 0.677. The summed E-state index contributed by atoms with van der Waals surface area (Å²) in [5.41, 5.74) is 0. The molecular formula is C9H18N2S. The second-order valence-electron chi connectivity index (χ2n) is 3.38. The largest absolute Gasteiger partial charge is 0.363 e. The average molecular weight is 186 g/mol. The van der Waals surface area contributed by atoms with Crippen LogP contribution >= 0.6 is 12.2 Å². The third kappa shape index (κ3) is 4.54. The molecule has 0 spiro atoms. The molecule has 0 amide bonds. The molecule has 2 N–H and O–H groups in total. The van der Waals surface area contributed by atoms with Crippen molar-refractivity contribution in [2.75, 3.05) is 6.54 Å². The van der Waals surface area contributed by atoms with Gasteiger partial charge in [0.1, 0.15) is 0 Å². The molecule has 12 heavy (non-hydrogen) atoms. The first-order valence-corrected chi connectivity index (χ1v) is 5.28. The van der Waals surface area contributed by atoms with E-state index in [-0.39, 0.29) is 0 Å². The second-order valence-corrected chi connectivity index (χ2v) is 3.79. The minimum Gasteiger partial charge on any atom is -0.363 e. The Balaban J connectivity index is 1.87. The van der Waals surface area contributed by atoms with Crippen LogP contribution in [0.4, 0.5) is 0 Å². The summed E-state index contributed by atoms with van der Waals surface area (Å²) in [6.45, 7) is 3.23. The zero-order chi connectivity index (χ0) is 8.81. The van der Waals surface area contributed by atoms with Crippen LogP contribution in [0.5, 0.6) is 0 Å². The Morgan fingerprint density at radius 2 is 2.17 bits per heavy atom. The van der Waals surface area contributed by atoms with Gasteiger partial charge in [-0.15, -0.1) is 0 Å². The maximum Gasteiger partial charge on any atom is 0.166 e. The summed E-state index contributed by atoms with van der Waals surface area (Å²) in [6.07, 6.45) is 6.36. The summed E-state index contributed by atoms with van der Waals surface area (Å²) in [5.74, 6) is 0. The second kappa shape index (κ2) is 5.36. The van der Waals surface area contributed by atoms with Crippen LogP contribution < -0.4 is 10.6 Å². The topological polar surface area (TPSA) is 24.1 Å². The van der Waals surface area contributed by atoms with Gasteiger partial charge in [-0.1, -0.05) is 19.8 Å². The number of thiocarbonyl (C=S) groups is 1. The molecular weight excluding hydrogens is 168 g/mol. The summed E-state index contributed by atoms with van der Waals surface area (Å²) < 4.78 is 0. The number of hydrogen-bond donors (Lipinski definition) is 2. The summed E-state index contributed by atoms with van der Waals surface area (Å²) in [7, 11) is 0. The minimum absolute atomic E-state index is 0.677. The smallest absolute Gasteiger partial charge is 0.166 e. The van der Waals surface area contributed by atoms with Crippen molar-refractivity contribution in [1.29, 1.82) is 0 Å². The maximum absolute atomic E-state index is 5.10. The molecule has 1 fully saturated rings. The monoisotopic (exact) mass is 186 g/mol. The predicted octanol–water partition coefficient (Wildman–Crippen LogP) is 1.80. The van der Waals surface area contributed by atoms with Crippen molar-refractivity contribution in [1.82, 2.24) is 10.6 Å². The Morgan fingerprint density at radius 1 is 1.42 bits per heavy atom. The lowest BCUT2D eigenvalue weighted by Gasteiger charge is -2.08. The fourth-order valence-corrected chi connectivity index (χ4v) is 1.31. The van der Waals surface area contributed by atoms with E-state index < -0.39 is 0 Å². The first kappa shape index (κ1) is 9.78. The van der Waals surface area contributed by atoms with E-state index in [0.717, 1.165) is 11.7 Å². The standard InChI is InChI=1S/C9H18N2S/c1-2-3-4-7-10-9(12)11-8-5-6-8/h8H,2-7H2,1H3,(H2,10,11,12). The van der Waals surface area contributed by atoms with Crippen LogP contribution in [0.1, 0.15) is 39.0 Å². The van der Waals surface area contributed by atoms with Crippen LogP contribution in [-0.2, 0) is 0 Å². The van der Waals surface area contributed by atoms with Gasteiger partial charge in [-0.25, -0.2) is 0 Å². The van der Waals surface area contributed by atoms with Crippen molar-refractivity contribution >= 4 is 17.3 Å². The SMILES string of the molecule is CCCCCNC(=S)NC1CC1. The molecule has 3 heteroatoms. The van der Waals surface area contributed by atoms with Crippen molar-refractivity contribution in [3.8, 4) is 0 Å². The van der Waals surface area contributed by atoms with Crippen molar-refractivity contribution in [2.45, 2.75) is 45.1 Å². The van der Waals surface area contributed by atoms with Gasteiger partial charge in [0.2, 0.25) is 0 Å². The molecule has 0 radical (unpaired) electrons. The maximum atomic E-state index is 5.10. The summed E-state index contributed by atoms with van der Waals surface area (Å²) >= 11 is 5.10. The summed E-state index contributed by atoms with van der Waals surface area (Å²) in [4.78, 5) is 0. The Labute approximate surface area is 80.1 Å². The zero-order valence-electron chi connectivity index (χ0n) is 7.73. The Bertz CT molecular complexity index is 143. The number of hydrogen-bond acceptors (Lipinski definition) is 1. The fourth-order valence-electron chi connectivity index (χ4n) is 1.04. The zero-order valence-corrected chi connectivity index (χ0v) is 8.54. The van der Waals surface area contributed by atoms with Crippen LogP contribution in [0.15, 0.2) is 0 Å². The Morgan fingerprint density at radius 3 is 2.75 bits per heavy atom. The van der Waals surface area contributed by atoms with Crippen LogP contribution in [-0.4, -0.2) is 17.7 Å². The molecule has 0 unspecified atom stereocenters. The predicted molar refractivity (Wildman–Crippen MR) is 56.3 cm³/mol. The molecule has 0 bridgehead atoms. The lowest BCUT2D eigenvalue weighted by atomic mass is 10.2. The molecule has 0 saturated heterocycles. The van der Waals surface area contributed by atoms with Gasteiger partial charge in [0.25, 0.3) is 0 Å². The van der Waals surface area contributed by atoms with E-state index in [9.17, 15) is 0 Å². The highest BCUT2D eigenvalue weighted by Gasteiger charge is 2.21. The van der Waals surface area contributed by atoms with Crippen molar-refractivity contribution in [2.24, 2.45) is 0 Å². The molecule has 0 heterocycles. The van der Waals surface area contributed by atoms with E-state index in [1.54, 1.807) is 0 Å². The molecule has 1 aliphatic rings. The van der Waals surface area contributed by atoms with Gasteiger partial charge in [0.15, 0.2) is 5.11 Å². The highest BCUT2D eigenvalue weighted by Crippen LogP contribution is 2.18. The lowest BCUT2D eigenvalue weighted by molar-refractivity contribution is 0.688. The first-order valence-electron chi connectivity index (χ1n) is 4.87. The van der Waals surface area contributed by atoms with Crippen LogP contribution in [0.25, 0.3) is 0 Å². The quantitative estimate of drug-likeness (QED) is 0.506. The van der Waals surface area contributed by atoms with E-state index >= 15 is 0 Å². The van der Waals surface area contributed by atoms with Gasteiger partial charge in [-0.2, -0.15) is 0 Å². The average Bonchev–Trinajstić information content (AvgIpc) is 2.82. The molecule has 0 aromatic rings. The Kier molecular flexibility index (Phi) is 4.36. The van der Waals surface area contributed by atoms with E-state index in [1.807, 2.05) is 0 Å². The molecule has 70 valence electrons. The molecule has 1 aliphatic carbocycles. The highest BCUT2D eigenvalue weighted by molar-refractivity contribution is 7.80. The lowest BCUT2D eigenvalue weighted by Crippen LogP contribution is -2.36. The molecule has 2 nitrogen and oxygen atoms in total. The van der Waals surface area contributed by atoms with Gasteiger partial charge in [0.05, 0.1) is 0 Å². The van der Waals surface area contributed by atoms with Crippen LogP contribution in [0, 0.1) is 0 Å². The van der Waals surface area contributed by atoms with Crippen molar-refractivity contribution in [3.05, 3.63) is 0 Å². The summed E-state index contributed by atoms with van der Waals surface area (Å²) in [6, 6.07) is 0.677. The van der Waals surface area contributed by atoms with Crippen molar-refractivity contribution in [3.63, 3.8) is 0 Å². The van der Waals surface area contributed by atoms with Crippen LogP contribution in [0.2, 0.25) is 0 Å². The normalized spacial score (nSPS) is 15.8.